The van der Waals surface area contributed by atoms with Crippen LogP contribution < -0.4 is 4.74 Å². The molecule has 0 saturated heterocycles. The minimum Gasteiger partial charge on any atom is -0.429 e. The Bertz CT molecular complexity index is 1540. The Kier molecular flexibility index (Phi) is 7.10. The fraction of sp³-hybridized carbons (Fsp3) is 0.200. The standard InChI is InChI=1S/C30H20ClF7O/c1-2-15-7-16-3-4-17(9-19(16)8-15)18-5-6-22(23(32)10-18)20-11-24(33)28(25(34)12-20)30(37,38)39-21-13-26(35)29(31)27(36)14-21/h3-6,9-15H,2,7-8H2,1H3. The quantitative estimate of drug-likeness (QED) is 0.167. The van der Waals surface area contributed by atoms with Crippen molar-refractivity contribution >= 4 is 11.6 Å². The van der Waals surface area contributed by atoms with Gasteiger partial charge in [0.25, 0.3) is 0 Å². The van der Waals surface area contributed by atoms with Gasteiger partial charge in [-0.1, -0.05) is 55.3 Å². The molecule has 1 aliphatic rings. The van der Waals surface area contributed by atoms with Crippen molar-refractivity contribution in [1.82, 2.24) is 0 Å². The zero-order valence-electron chi connectivity index (χ0n) is 20.4. The smallest absolute Gasteiger partial charge is 0.429 e. The molecule has 202 valence electrons. The Hall–Kier alpha value is -3.52. The molecule has 0 saturated carbocycles. The molecule has 0 spiro atoms. The fourth-order valence-corrected chi connectivity index (χ4v) is 5.01. The molecule has 0 aromatic heterocycles. The van der Waals surface area contributed by atoms with E-state index >= 15 is 4.39 Å². The molecule has 1 atom stereocenters. The largest absolute Gasteiger partial charge is 0.432 e. The van der Waals surface area contributed by atoms with Crippen LogP contribution in [-0.4, -0.2) is 0 Å². The van der Waals surface area contributed by atoms with E-state index in [1.54, 1.807) is 6.07 Å². The lowest BCUT2D eigenvalue weighted by atomic mass is 9.96. The van der Waals surface area contributed by atoms with E-state index in [0.717, 1.165) is 24.8 Å². The summed E-state index contributed by atoms with van der Waals surface area (Å²) in [4.78, 5) is 0. The van der Waals surface area contributed by atoms with E-state index in [4.69, 9.17) is 11.6 Å². The first-order valence-corrected chi connectivity index (χ1v) is 12.5. The summed E-state index contributed by atoms with van der Waals surface area (Å²) in [5.41, 5.74) is 1.48. The van der Waals surface area contributed by atoms with Crippen LogP contribution in [-0.2, 0) is 19.0 Å². The van der Waals surface area contributed by atoms with Gasteiger partial charge in [-0.2, -0.15) is 8.78 Å². The summed E-state index contributed by atoms with van der Waals surface area (Å²) in [5.74, 6) is -7.55. The normalized spacial score (nSPS) is 14.9. The predicted octanol–water partition coefficient (Wildman–Crippen LogP) is 9.62. The van der Waals surface area contributed by atoms with Gasteiger partial charge in [0.2, 0.25) is 0 Å². The molecular formula is C30H20ClF7O. The Morgan fingerprint density at radius 1 is 0.718 bits per heavy atom. The lowest BCUT2D eigenvalue weighted by Crippen LogP contribution is -2.25. The second-order valence-electron chi connectivity index (χ2n) is 9.50. The lowest BCUT2D eigenvalue weighted by Gasteiger charge is -2.20. The molecule has 4 aromatic carbocycles. The van der Waals surface area contributed by atoms with Gasteiger partial charge in [-0.05, 0) is 64.8 Å². The number of rotatable bonds is 6. The van der Waals surface area contributed by atoms with Gasteiger partial charge in [-0.25, -0.2) is 22.0 Å². The van der Waals surface area contributed by atoms with Crippen LogP contribution in [0.25, 0.3) is 22.3 Å². The first kappa shape index (κ1) is 27.1. The molecular weight excluding hydrogens is 545 g/mol. The van der Waals surface area contributed by atoms with Crippen molar-refractivity contribution in [2.45, 2.75) is 32.3 Å². The van der Waals surface area contributed by atoms with Crippen LogP contribution in [0.5, 0.6) is 5.75 Å². The van der Waals surface area contributed by atoms with Crippen LogP contribution in [0, 0.1) is 35.0 Å². The minimum atomic E-state index is -4.66. The topological polar surface area (TPSA) is 9.23 Å². The molecule has 1 unspecified atom stereocenters. The molecule has 0 radical (unpaired) electrons. The second kappa shape index (κ2) is 10.2. The van der Waals surface area contributed by atoms with Crippen LogP contribution >= 0.6 is 11.6 Å². The van der Waals surface area contributed by atoms with Crippen molar-refractivity contribution in [1.29, 1.82) is 0 Å². The highest BCUT2D eigenvalue weighted by Crippen LogP contribution is 2.39. The number of halogens is 8. The Labute approximate surface area is 224 Å². The van der Waals surface area contributed by atoms with E-state index in [2.05, 4.69) is 11.7 Å². The molecule has 0 aliphatic heterocycles. The van der Waals surface area contributed by atoms with Gasteiger partial charge in [0.15, 0.2) is 0 Å². The average molecular weight is 565 g/mol. The molecule has 0 amide bonds. The third kappa shape index (κ3) is 5.22. The van der Waals surface area contributed by atoms with Gasteiger partial charge >= 0.3 is 6.11 Å². The monoisotopic (exact) mass is 564 g/mol. The number of alkyl halides is 2. The molecule has 9 heteroatoms. The van der Waals surface area contributed by atoms with Gasteiger partial charge in [0.05, 0.1) is 0 Å². The Balaban J connectivity index is 1.43. The first-order chi connectivity index (χ1) is 18.5. The summed E-state index contributed by atoms with van der Waals surface area (Å²) in [5, 5.41) is -0.957. The molecule has 0 fully saturated rings. The highest BCUT2D eigenvalue weighted by atomic mass is 35.5. The maximum Gasteiger partial charge on any atom is 0.432 e. The lowest BCUT2D eigenvalue weighted by molar-refractivity contribution is -0.189. The highest BCUT2D eigenvalue weighted by molar-refractivity contribution is 6.30. The number of hydrogen-bond acceptors (Lipinski definition) is 1. The van der Waals surface area contributed by atoms with Crippen molar-refractivity contribution in [3.8, 4) is 28.0 Å². The van der Waals surface area contributed by atoms with E-state index < -0.39 is 51.5 Å². The average Bonchev–Trinajstić information content (AvgIpc) is 3.29. The molecule has 0 heterocycles. The number of benzene rings is 4. The van der Waals surface area contributed by atoms with Gasteiger partial charge in [-0.3, -0.25) is 0 Å². The third-order valence-electron chi connectivity index (χ3n) is 6.95. The van der Waals surface area contributed by atoms with Crippen LogP contribution in [0.4, 0.5) is 30.7 Å². The summed E-state index contributed by atoms with van der Waals surface area (Å²) in [7, 11) is 0. The molecule has 39 heavy (non-hydrogen) atoms. The van der Waals surface area contributed by atoms with Crippen LogP contribution in [0.1, 0.15) is 30.0 Å². The van der Waals surface area contributed by atoms with Crippen molar-refractivity contribution in [3.05, 3.63) is 111 Å². The summed E-state index contributed by atoms with van der Waals surface area (Å²) in [6, 6.07) is 11.8. The Morgan fingerprint density at radius 3 is 1.90 bits per heavy atom. The second-order valence-corrected chi connectivity index (χ2v) is 9.87. The molecule has 1 nitrogen and oxygen atoms in total. The zero-order valence-corrected chi connectivity index (χ0v) is 21.2. The van der Waals surface area contributed by atoms with Crippen LogP contribution in [0.15, 0.2) is 60.7 Å². The highest BCUT2D eigenvalue weighted by Gasteiger charge is 2.41. The summed E-state index contributed by atoms with van der Waals surface area (Å²) in [6.45, 7) is 2.14. The van der Waals surface area contributed by atoms with E-state index in [0.29, 0.717) is 35.7 Å². The third-order valence-corrected chi connectivity index (χ3v) is 7.31. The number of hydrogen-bond donors (Lipinski definition) is 0. The minimum absolute atomic E-state index is 0.207. The molecule has 0 bridgehead atoms. The molecule has 4 aromatic rings. The summed E-state index contributed by atoms with van der Waals surface area (Å²) < 4.78 is 105. The van der Waals surface area contributed by atoms with E-state index in [1.807, 2.05) is 18.2 Å². The van der Waals surface area contributed by atoms with Crippen LogP contribution in [0.3, 0.4) is 0 Å². The molecule has 5 rings (SSSR count). The van der Waals surface area contributed by atoms with Crippen LogP contribution in [0.2, 0.25) is 5.02 Å². The molecule has 0 N–H and O–H groups in total. The Morgan fingerprint density at radius 2 is 1.28 bits per heavy atom. The van der Waals surface area contributed by atoms with Crippen molar-refractivity contribution < 1.29 is 35.5 Å². The fourth-order valence-electron chi connectivity index (χ4n) is 4.90. The van der Waals surface area contributed by atoms with E-state index in [-0.39, 0.29) is 11.1 Å². The number of fused-ring (bicyclic) bond motifs is 1. The van der Waals surface area contributed by atoms with Crippen molar-refractivity contribution in [2.75, 3.05) is 0 Å². The predicted molar refractivity (Wildman–Crippen MR) is 134 cm³/mol. The van der Waals surface area contributed by atoms with E-state index in [1.165, 1.54) is 23.3 Å². The zero-order chi connectivity index (χ0) is 28.1. The maximum atomic E-state index is 15.1. The van der Waals surface area contributed by atoms with Gasteiger partial charge < -0.3 is 4.74 Å². The first-order valence-electron chi connectivity index (χ1n) is 12.1. The van der Waals surface area contributed by atoms with Gasteiger partial charge in [-0.15, -0.1) is 0 Å². The van der Waals surface area contributed by atoms with Crippen molar-refractivity contribution in [2.24, 2.45) is 5.92 Å². The number of ether oxygens (including phenoxy) is 1. The van der Waals surface area contributed by atoms with Crippen molar-refractivity contribution in [3.63, 3.8) is 0 Å². The SMILES string of the molecule is CCC1Cc2ccc(-c3ccc(-c4cc(F)c(C(F)(F)Oc5cc(F)c(Cl)c(F)c5)c(F)c4)c(F)c3)cc2C1. The van der Waals surface area contributed by atoms with Gasteiger partial charge in [0, 0.05) is 17.7 Å². The molecule has 1 aliphatic carbocycles. The van der Waals surface area contributed by atoms with E-state index in [9.17, 15) is 26.3 Å². The maximum absolute atomic E-state index is 15.1. The summed E-state index contributed by atoms with van der Waals surface area (Å²) >= 11 is 5.31. The summed E-state index contributed by atoms with van der Waals surface area (Å²) in [6.07, 6.45) is -1.65. The van der Waals surface area contributed by atoms with Gasteiger partial charge in [0.1, 0.15) is 45.4 Å².